The third-order valence-corrected chi connectivity index (χ3v) is 7.14. The molecule has 2 aromatic carbocycles. The first-order valence-corrected chi connectivity index (χ1v) is 10.7. The van der Waals surface area contributed by atoms with E-state index >= 15 is 0 Å². The lowest BCUT2D eigenvalue weighted by atomic mass is 9.80. The van der Waals surface area contributed by atoms with E-state index in [9.17, 15) is 14.4 Å². The first kappa shape index (κ1) is 19.4. The molecule has 31 heavy (non-hydrogen) atoms. The fourth-order valence-corrected chi connectivity index (χ4v) is 5.45. The van der Waals surface area contributed by atoms with Crippen molar-refractivity contribution < 1.29 is 19.1 Å². The van der Waals surface area contributed by atoms with Crippen molar-refractivity contribution in [3.63, 3.8) is 0 Å². The second-order valence-electron chi connectivity index (χ2n) is 7.64. The number of fused-ring (bicyclic) bond motifs is 5. The molecule has 0 aliphatic heterocycles. The van der Waals surface area contributed by atoms with E-state index in [0.29, 0.717) is 56.2 Å². The van der Waals surface area contributed by atoms with Crippen molar-refractivity contribution >= 4 is 34.3 Å². The monoisotopic (exact) mass is 426 g/mol. The Bertz CT molecular complexity index is 1360. The highest BCUT2D eigenvalue weighted by Gasteiger charge is 2.40. The second-order valence-corrected chi connectivity index (χ2v) is 8.67. The molecule has 5 rings (SSSR count). The summed E-state index contributed by atoms with van der Waals surface area (Å²) in [7, 11) is 1.58. The first-order chi connectivity index (χ1) is 14.9. The summed E-state index contributed by atoms with van der Waals surface area (Å²) in [6.45, 7) is 8.03. The molecule has 4 nitrogen and oxygen atoms in total. The summed E-state index contributed by atoms with van der Waals surface area (Å²) in [6.07, 6.45) is 1.33. The van der Waals surface area contributed by atoms with Gasteiger partial charge in [-0.1, -0.05) is 49.6 Å². The number of hydrogen-bond donors (Lipinski definition) is 0. The lowest BCUT2D eigenvalue weighted by Gasteiger charge is -2.20. The average Bonchev–Trinajstić information content (AvgIpc) is 3.21. The molecule has 2 aliphatic rings. The van der Waals surface area contributed by atoms with Crippen molar-refractivity contribution in [3.8, 4) is 0 Å². The van der Waals surface area contributed by atoms with Crippen LogP contribution in [-0.4, -0.2) is 24.5 Å². The largest absolute Gasteiger partial charge is 0.502 e. The summed E-state index contributed by atoms with van der Waals surface area (Å²) in [5, 5.41) is 0. The number of ketones is 3. The van der Waals surface area contributed by atoms with Crippen LogP contribution in [0, 0.1) is 0 Å². The van der Waals surface area contributed by atoms with E-state index in [-0.39, 0.29) is 22.9 Å². The van der Waals surface area contributed by atoms with Crippen LogP contribution in [-0.2, 0) is 11.2 Å². The topological polar surface area (TPSA) is 60.4 Å². The summed E-state index contributed by atoms with van der Waals surface area (Å²) < 4.78 is 5.13. The predicted octanol–water partition coefficient (Wildman–Crippen LogP) is 5.22. The highest BCUT2D eigenvalue weighted by molar-refractivity contribution is 7.16. The number of thiophene rings is 1. The van der Waals surface area contributed by atoms with Gasteiger partial charge in [0.2, 0.25) is 5.78 Å². The Hall–Kier alpha value is -3.57. The van der Waals surface area contributed by atoms with Gasteiger partial charge in [0.05, 0.1) is 28.9 Å². The molecule has 0 bridgehead atoms. The smallest absolute Gasteiger partial charge is 0.204 e. The molecule has 1 aromatic heterocycles. The number of methoxy groups -OCH3 is 1. The summed E-state index contributed by atoms with van der Waals surface area (Å²) >= 11 is 1.19. The minimum absolute atomic E-state index is 0.215. The standard InChI is InChI=1S/C26H18O4S/c1-13(30-3)8-9-15-10-11-16-14(2)25-20(23(28)19(16)12-15)21-22(27)17-6-4-5-7-18(17)24(29)26(21)31-25/h4-7,10-12H,1-2,8-9H2,3H3. The van der Waals surface area contributed by atoms with E-state index in [4.69, 9.17) is 4.74 Å². The van der Waals surface area contributed by atoms with Gasteiger partial charge >= 0.3 is 0 Å². The molecule has 0 fully saturated rings. The number of benzene rings is 2. The zero-order chi connectivity index (χ0) is 21.9. The van der Waals surface area contributed by atoms with E-state index in [2.05, 4.69) is 13.2 Å². The van der Waals surface area contributed by atoms with Gasteiger partial charge in [-0.05, 0) is 29.2 Å². The van der Waals surface area contributed by atoms with Crippen LogP contribution in [0.4, 0.5) is 0 Å². The summed E-state index contributed by atoms with van der Waals surface area (Å²) in [4.78, 5) is 40.9. The molecule has 0 spiro atoms. The third kappa shape index (κ3) is 2.77. The Balaban J connectivity index is 1.63. The molecule has 0 unspecified atom stereocenters. The minimum Gasteiger partial charge on any atom is -0.502 e. The molecule has 3 aromatic rings. The highest BCUT2D eigenvalue weighted by atomic mass is 32.1. The molecular formula is C26H18O4S. The predicted molar refractivity (Wildman–Crippen MR) is 120 cm³/mol. The maximum Gasteiger partial charge on any atom is 0.204 e. The molecular weight excluding hydrogens is 408 g/mol. The van der Waals surface area contributed by atoms with Gasteiger partial charge in [-0.15, -0.1) is 11.3 Å². The van der Waals surface area contributed by atoms with Gasteiger partial charge in [0.15, 0.2) is 11.6 Å². The van der Waals surface area contributed by atoms with E-state index in [1.165, 1.54) is 11.3 Å². The van der Waals surface area contributed by atoms with Crippen LogP contribution < -0.4 is 0 Å². The number of ether oxygens (including phenoxy) is 1. The van der Waals surface area contributed by atoms with Crippen LogP contribution in [0.3, 0.4) is 0 Å². The van der Waals surface area contributed by atoms with Gasteiger partial charge in [-0.2, -0.15) is 0 Å². The maximum atomic E-state index is 13.6. The Labute approximate surface area is 183 Å². The third-order valence-electron chi connectivity index (χ3n) is 5.89. The average molecular weight is 426 g/mol. The van der Waals surface area contributed by atoms with Crippen LogP contribution in [0.15, 0.2) is 61.4 Å². The van der Waals surface area contributed by atoms with Crippen LogP contribution in [0.1, 0.15) is 69.5 Å². The van der Waals surface area contributed by atoms with Gasteiger partial charge in [-0.3, -0.25) is 14.4 Å². The first-order valence-electron chi connectivity index (χ1n) is 9.86. The molecule has 0 radical (unpaired) electrons. The van der Waals surface area contributed by atoms with Gasteiger partial charge in [0.1, 0.15) is 0 Å². The number of hydrogen-bond acceptors (Lipinski definition) is 5. The van der Waals surface area contributed by atoms with E-state index < -0.39 is 0 Å². The fraction of sp³-hybridized carbons (Fsp3) is 0.115. The molecule has 0 N–H and O–H groups in total. The molecule has 0 amide bonds. The van der Waals surface area contributed by atoms with Crippen molar-refractivity contribution in [1.82, 2.24) is 0 Å². The quantitative estimate of drug-likeness (QED) is 0.370. The van der Waals surface area contributed by atoms with Gasteiger partial charge in [0, 0.05) is 28.0 Å². The molecule has 1 heterocycles. The highest BCUT2D eigenvalue weighted by Crippen LogP contribution is 2.45. The van der Waals surface area contributed by atoms with Gasteiger partial charge in [0.25, 0.3) is 0 Å². The van der Waals surface area contributed by atoms with E-state index in [1.54, 1.807) is 31.4 Å². The Morgan fingerprint density at radius 2 is 1.52 bits per heavy atom. The SMILES string of the molecule is C=C(CCc1ccc2c(c1)C(=O)c1c(sc3c1C(=O)c1ccccc1C3=O)C2=C)OC. The number of carbonyl (C=O) groups is 3. The zero-order valence-corrected chi connectivity index (χ0v) is 17.7. The van der Waals surface area contributed by atoms with Gasteiger partial charge in [-0.25, -0.2) is 0 Å². The molecule has 0 saturated heterocycles. The minimum atomic E-state index is -0.278. The van der Waals surface area contributed by atoms with Crippen LogP contribution in [0.25, 0.3) is 5.57 Å². The van der Waals surface area contributed by atoms with Crippen molar-refractivity contribution in [1.29, 1.82) is 0 Å². The van der Waals surface area contributed by atoms with E-state index in [1.807, 2.05) is 18.2 Å². The summed E-state index contributed by atoms with van der Waals surface area (Å²) in [6, 6.07) is 12.5. The summed E-state index contributed by atoms with van der Waals surface area (Å²) in [5.74, 6) is -0.0545. The molecule has 5 heteroatoms. The molecule has 0 atom stereocenters. The number of rotatable bonds is 4. The van der Waals surface area contributed by atoms with Crippen molar-refractivity contribution in [3.05, 3.63) is 110 Å². The fourth-order valence-electron chi connectivity index (χ4n) is 4.21. The second kappa shape index (κ2) is 7.00. The van der Waals surface area contributed by atoms with Gasteiger partial charge < -0.3 is 4.74 Å². The Kier molecular flexibility index (Phi) is 4.38. The van der Waals surface area contributed by atoms with Crippen LogP contribution in [0.2, 0.25) is 0 Å². The molecule has 0 saturated carbocycles. The van der Waals surface area contributed by atoms with Crippen molar-refractivity contribution in [2.45, 2.75) is 12.8 Å². The molecule has 2 aliphatic carbocycles. The van der Waals surface area contributed by atoms with Crippen molar-refractivity contribution in [2.75, 3.05) is 7.11 Å². The van der Waals surface area contributed by atoms with Crippen molar-refractivity contribution in [2.24, 2.45) is 0 Å². The Morgan fingerprint density at radius 3 is 2.23 bits per heavy atom. The van der Waals surface area contributed by atoms with Crippen LogP contribution >= 0.6 is 11.3 Å². The number of carbonyl (C=O) groups excluding carboxylic acids is 3. The number of allylic oxidation sites excluding steroid dienone is 1. The molecule has 152 valence electrons. The normalized spacial score (nSPS) is 14.0. The van der Waals surface area contributed by atoms with Crippen LogP contribution in [0.5, 0.6) is 0 Å². The lowest BCUT2D eigenvalue weighted by molar-refractivity contribution is 0.0974. The Morgan fingerprint density at radius 1 is 0.871 bits per heavy atom. The lowest BCUT2D eigenvalue weighted by Crippen LogP contribution is -2.22. The summed E-state index contributed by atoms with van der Waals surface area (Å²) in [5.41, 5.74) is 4.15. The maximum absolute atomic E-state index is 13.6. The number of aryl methyl sites for hydroxylation is 1. The zero-order valence-electron chi connectivity index (χ0n) is 16.9. The van der Waals surface area contributed by atoms with E-state index in [0.717, 1.165) is 11.1 Å².